The highest BCUT2D eigenvalue weighted by molar-refractivity contribution is 6.28. The van der Waals surface area contributed by atoms with Crippen LogP contribution < -0.4 is 9.64 Å². The highest BCUT2D eigenvalue weighted by Crippen LogP contribution is 2.24. The van der Waals surface area contributed by atoms with Crippen molar-refractivity contribution < 1.29 is 13.5 Å². The van der Waals surface area contributed by atoms with E-state index in [9.17, 15) is 8.78 Å². The molecule has 0 saturated heterocycles. The fraction of sp³-hybridized carbons (Fsp3) is 0.182. The van der Waals surface area contributed by atoms with Gasteiger partial charge < -0.3 is 9.64 Å². The summed E-state index contributed by atoms with van der Waals surface area (Å²) in [6, 6.07) is 2.73. The topological polar surface area (TPSA) is 51.1 Å². The molecule has 100 valence electrons. The summed E-state index contributed by atoms with van der Waals surface area (Å²) in [5.74, 6) is -1.50. The summed E-state index contributed by atoms with van der Waals surface area (Å²) < 4.78 is 31.3. The van der Waals surface area contributed by atoms with Gasteiger partial charge >= 0.3 is 6.01 Å². The highest BCUT2D eigenvalue weighted by Gasteiger charge is 2.11. The van der Waals surface area contributed by atoms with Crippen molar-refractivity contribution in [3.05, 3.63) is 35.1 Å². The van der Waals surface area contributed by atoms with Crippen molar-refractivity contribution >= 4 is 17.5 Å². The van der Waals surface area contributed by atoms with Gasteiger partial charge in [-0.3, -0.25) is 0 Å². The molecule has 0 unspecified atom stereocenters. The van der Waals surface area contributed by atoms with Gasteiger partial charge in [0.2, 0.25) is 11.2 Å². The fourth-order valence-corrected chi connectivity index (χ4v) is 1.37. The third-order valence-electron chi connectivity index (χ3n) is 2.07. The molecule has 8 heteroatoms. The lowest BCUT2D eigenvalue weighted by Crippen LogP contribution is -2.13. The molecule has 2 aromatic rings. The van der Waals surface area contributed by atoms with E-state index in [4.69, 9.17) is 16.3 Å². The first kappa shape index (κ1) is 13.4. The molecular weight excluding hydrogens is 278 g/mol. The van der Waals surface area contributed by atoms with Crippen molar-refractivity contribution in [1.82, 2.24) is 15.0 Å². The van der Waals surface area contributed by atoms with E-state index in [0.29, 0.717) is 6.07 Å². The zero-order valence-corrected chi connectivity index (χ0v) is 10.8. The van der Waals surface area contributed by atoms with Crippen LogP contribution in [-0.4, -0.2) is 29.0 Å². The van der Waals surface area contributed by atoms with Gasteiger partial charge in [-0.1, -0.05) is 0 Å². The lowest BCUT2D eigenvalue weighted by Gasteiger charge is -2.11. The minimum atomic E-state index is -0.858. The van der Waals surface area contributed by atoms with Crippen molar-refractivity contribution in [2.24, 2.45) is 0 Å². The van der Waals surface area contributed by atoms with Gasteiger partial charge in [-0.25, -0.2) is 8.78 Å². The SMILES string of the molecule is CN(C)c1nc(Cl)nc(Oc2ccc(F)cc2F)n1. The summed E-state index contributed by atoms with van der Waals surface area (Å²) in [7, 11) is 3.40. The number of ether oxygens (including phenoxy) is 1. The smallest absolute Gasteiger partial charge is 0.328 e. The molecule has 0 aliphatic carbocycles. The second kappa shape index (κ2) is 5.31. The quantitative estimate of drug-likeness (QED) is 0.868. The van der Waals surface area contributed by atoms with E-state index in [1.807, 2.05) is 0 Å². The van der Waals surface area contributed by atoms with Crippen LogP contribution in [0, 0.1) is 11.6 Å². The molecule has 1 heterocycles. The Hall–Kier alpha value is -2.02. The van der Waals surface area contributed by atoms with Crippen LogP contribution in [0.25, 0.3) is 0 Å². The minimum absolute atomic E-state index is 0.0868. The number of benzene rings is 1. The summed E-state index contributed by atoms with van der Waals surface area (Å²) >= 11 is 5.70. The van der Waals surface area contributed by atoms with Crippen LogP contribution >= 0.6 is 11.6 Å². The number of halogens is 3. The Balaban J connectivity index is 2.32. The summed E-state index contributed by atoms with van der Waals surface area (Å²) in [5, 5.41) is -0.0868. The molecular formula is C11H9ClF2N4O. The Morgan fingerprint density at radius 2 is 1.89 bits per heavy atom. The molecule has 0 atom stereocenters. The Kier molecular flexibility index (Phi) is 3.75. The Bertz CT molecular complexity index is 609. The second-order valence-corrected chi connectivity index (χ2v) is 4.10. The fourth-order valence-electron chi connectivity index (χ4n) is 1.22. The molecule has 0 amide bonds. The van der Waals surface area contributed by atoms with E-state index in [1.165, 1.54) is 0 Å². The van der Waals surface area contributed by atoms with Gasteiger partial charge in [0, 0.05) is 20.2 Å². The molecule has 0 aliphatic heterocycles. The summed E-state index contributed by atoms with van der Waals surface area (Å²) in [5.41, 5.74) is 0. The van der Waals surface area contributed by atoms with Crippen molar-refractivity contribution in [1.29, 1.82) is 0 Å². The van der Waals surface area contributed by atoms with Crippen LogP contribution in [0.3, 0.4) is 0 Å². The number of anilines is 1. The van der Waals surface area contributed by atoms with Gasteiger partial charge in [-0.15, -0.1) is 0 Å². The van der Waals surface area contributed by atoms with E-state index in [1.54, 1.807) is 19.0 Å². The first-order chi connectivity index (χ1) is 8.95. The lowest BCUT2D eigenvalue weighted by molar-refractivity contribution is 0.406. The van der Waals surface area contributed by atoms with E-state index < -0.39 is 11.6 Å². The monoisotopic (exact) mass is 286 g/mol. The van der Waals surface area contributed by atoms with Gasteiger partial charge in [0.25, 0.3) is 0 Å². The van der Waals surface area contributed by atoms with E-state index >= 15 is 0 Å². The first-order valence-electron chi connectivity index (χ1n) is 5.17. The van der Waals surface area contributed by atoms with E-state index in [-0.39, 0.29) is 23.0 Å². The van der Waals surface area contributed by atoms with Crippen molar-refractivity contribution in [3.8, 4) is 11.8 Å². The van der Waals surface area contributed by atoms with E-state index in [2.05, 4.69) is 15.0 Å². The molecule has 0 radical (unpaired) electrons. The molecule has 0 saturated carbocycles. The zero-order valence-electron chi connectivity index (χ0n) is 10.1. The van der Waals surface area contributed by atoms with Crippen molar-refractivity contribution in [2.75, 3.05) is 19.0 Å². The lowest BCUT2D eigenvalue weighted by atomic mass is 10.3. The van der Waals surface area contributed by atoms with Crippen LogP contribution in [0.1, 0.15) is 0 Å². The normalized spacial score (nSPS) is 10.4. The predicted molar refractivity (Wildman–Crippen MR) is 65.6 cm³/mol. The number of rotatable bonds is 3. The minimum Gasteiger partial charge on any atom is -0.421 e. The van der Waals surface area contributed by atoms with Gasteiger partial charge in [0.1, 0.15) is 5.82 Å². The predicted octanol–water partition coefficient (Wildman–Crippen LogP) is 2.66. The summed E-state index contributed by atoms with van der Waals surface area (Å²) in [4.78, 5) is 13.1. The first-order valence-corrected chi connectivity index (χ1v) is 5.55. The van der Waals surface area contributed by atoms with E-state index in [0.717, 1.165) is 12.1 Å². The zero-order chi connectivity index (χ0) is 14.0. The van der Waals surface area contributed by atoms with Crippen LogP contribution in [0.15, 0.2) is 18.2 Å². The number of nitrogens with zero attached hydrogens (tertiary/aromatic N) is 4. The maximum Gasteiger partial charge on any atom is 0.328 e. The number of hydrogen-bond acceptors (Lipinski definition) is 5. The highest BCUT2D eigenvalue weighted by atomic mass is 35.5. The standard InChI is InChI=1S/C11H9ClF2N4O/c1-18(2)10-15-9(12)16-11(17-10)19-8-4-3-6(13)5-7(8)14/h3-5H,1-2H3. The van der Waals surface area contributed by atoms with Crippen molar-refractivity contribution in [3.63, 3.8) is 0 Å². The largest absolute Gasteiger partial charge is 0.421 e. The third kappa shape index (κ3) is 3.25. The molecule has 5 nitrogen and oxygen atoms in total. The molecule has 1 aromatic heterocycles. The maximum absolute atomic E-state index is 13.4. The molecule has 2 rings (SSSR count). The Labute approximate surface area is 112 Å². The van der Waals surface area contributed by atoms with Crippen LogP contribution in [0.4, 0.5) is 14.7 Å². The molecule has 0 spiro atoms. The Morgan fingerprint density at radius 3 is 2.53 bits per heavy atom. The van der Waals surface area contributed by atoms with Crippen LogP contribution in [-0.2, 0) is 0 Å². The summed E-state index contributed by atoms with van der Waals surface area (Å²) in [6.07, 6.45) is 0. The summed E-state index contributed by atoms with van der Waals surface area (Å²) in [6.45, 7) is 0. The van der Waals surface area contributed by atoms with Crippen molar-refractivity contribution in [2.45, 2.75) is 0 Å². The Morgan fingerprint density at radius 1 is 1.16 bits per heavy atom. The molecule has 0 bridgehead atoms. The average Bonchev–Trinajstić information content (AvgIpc) is 2.32. The molecule has 0 aliphatic rings. The van der Waals surface area contributed by atoms with Gasteiger partial charge in [0.05, 0.1) is 0 Å². The van der Waals surface area contributed by atoms with Gasteiger partial charge in [0.15, 0.2) is 11.6 Å². The number of aromatic nitrogens is 3. The number of hydrogen-bond donors (Lipinski definition) is 0. The second-order valence-electron chi connectivity index (χ2n) is 3.76. The third-order valence-corrected chi connectivity index (χ3v) is 2.24. The molecule has 1 aromatic carbocycles. The molecule has 19 heavy (non-hydrogen) atoms. The van der Waals surface area contributed by atoms with Gasteiger partial charge in [-0.05, 0) is 23.7 Å². The van der Waals surface area contributed by atoms with Crippen LogP contribution in [0.2, 0.25) is 5.28 Å². The van der Waals surface area contributed by atoms with Gasteiger partial charge in [-0.2, -0.15) is 15.0 Å². The molecule has 0 N–H and O–H groups in total. The maximum atomic E-state index is 13.4. The molecule has 0 fully saturated rings. The van der Waals surface area contributed by atoms with Crippen LogP contribution in [0.5, 0.6) is 11.8 Å². The average molecular weight is 287 g/mol.